The first kappa shape index (κ1) is 32.7. The molecule has 1 aromatic carbocycles. The van der Waals surface area contributed by atoms with Crippen molar-refractivity contribution in [1.29, 1.82) is 0 Å². The summed E-state index contributed by atoms with van der Waals surface area (Å²) in [7, 11) is 1.49. The third-order valence-corrected chi connectivity index (χ3v) is 12.0. The van der Waals surface area contributed by atoms with Crippen LogP contribution in [0.4, 0.5) is 0 Å². The number of halogens is 1. The van der Waals surface area contributed by atoms with E-state index in [0.29, 0.717) is 45.1 Å². The maximum absolute atomic E-state index is 14.4. The van der Waals surface area contributed by atoms with Crippen LogP contribution in [0.15, 0.2) is 23.8 Å². The molecule has 2 amide bonds. The van der Waals surface area contributed by atoms with Crippen LogP contribution in [0.2, 0.25) is 0 Å². The van der Waals surface area contributed by atoms with Gasteiger partial charge in [-0.3, -0.25) is 14.4 Å². The molecule has 9 nitrogen and oxygen atoms in total. The zero-order valence-corrected chi connectivity index (χ0v) is 28.4. The van der Waals surface area contributed by atoms with Crippen LogP contribution in [0.25, 0.3) is 0 Å². The van der Waals surface area contributed by atoms with Gasteiger partial charge >= 0.3 is 0 Å². The Labute approximate surface area is 279 Å². The van der Waals surface area contributed by atoms with Crippen LogP contribution in [-0.4, -0.2) is 78.3 Å². The number of aliphatic hydroxyl groups excluding tert-OH is 2. The van der Waals surface area contributed by atoms with Gasteiger partial charge in [0.1, 0.15) is 18.5 Å². The third kappa shape index (κ3) is 7.07. The lowest BCUT2D eigenvalue weighted by molar-refractivity contribution is -0.148. The van der Waals surface area contributed by atoms with Crippen molar-refractivity contribution in [2.45, 2.75) is 95.3 Å². The summed E-state index contributed by atoms with van der Waals surface area (Å²) in [5.74, 6) is 2.96. The summed E-state index contributed by atoms with van der Waals surface area (Å²) in [6.45, 7) is 0.518. The molecule has 0 heterocycles. The summed E-state index contributed by atoms with van der Waals surface area (Å²) in [5, 5.41) is 24.2. The van der Waals surface area contributed by atoms with Gasteiger partial charge in [0, 0.05) is 37.1 Å². The highest BCUT2D eigenvalue weighted by atomic mass is 127. The van der Waals surface area contributed by atoms with Crippen molar-refractivity contribution in [3.63, 3.8) is 0 Å². The molecule has 3 unspecified atom stereocenters. The van der Waals surface area contributed by atoms with E-state index in [4.69, 9.17) is 9.47 Å². The second kappa shape index (κ2) is 13.9. The number of nitrogens with zero attached hydrogens (tertiary/aromatic N) is 1. The van der Waals surface area contributed by atoms with Gasteiger partial charge in [-0.25, -0.2) is 0 Å². The number of rotatable bonds is 12. The van der Waals surface area contributed by atoms with Crippen LogP contribution in [0.1, 0.15) is 87.4 Å². The monoisotopic (exact) mass is 734 g/mol. The summed E-state index contributed by atoms with van der Waals surface area (Å²) in [4.78, 5) is 41.2. The summed E-state index contributed by atoms with van der Waals surface area (Å²) >= 11 is 2.08. The predicted octanol–water partition coefficient (Wildman–Crippen LogP) is 4.65. The van der Waals surface area contributed by atoms with E-state index in [1.54, 1.807) is 18.2 Å². The Morgan fingerprint density at radius 1 is 1.11 bits per heavy atom. The molecule has 0 saturated heterocycles. The molecular formula is C35H47IN2O7. The summed E-state index contributed by atoms with van der Waals surface area (Å²) < 4.78 is 12.6. The number of carbonyl (C=O) groups excluding carboxylic acids is 3. The minimum Gasteiger partial charge on any atom is -0.493 e. The summed E-state index contributed by atoms with van der Waals surface area (Å²) in [5.41, 5.74) is 0.913. The summed E-state index contributed by atoms with van der Waals surface area (Å²) in [6.07, 6.45) is 12.7. The zero-order valence-electron chi connectivity index (χ0n) is 26.2. The van der Waals surface area contributed by atoms with Crippen LogP contribution < -0.4 is 14.8 Å². The minimum atomic E-state index is -1.09. The van der Waals surface area contributed by atoms with E-state index in [9.17, 15) is 24.6 Å². The maximum Gasteiger partial charge on any atom is 0.247 e. The van der Waals surface area contributed by atoms with Gasteiger partial charge in [-0.2, -0.15) is 0 Å². The third-order valence-electron chi connectivity index (χ3n) is 11.2. The molecule has 6 aliphatic rings. The quantitative estimate of drug-likeness (QED) is 0.211. The highest BCUT2D eigenvalue weighted by molar-refractivity contribution is 14.1. The number of hydrogen-bond acceptors (Lipinski definition) is 7. The molecule has 1 aromatic rings. The molecule has 5 fully saturated rings. The van der Waals surface area contributed by atoms with Crippen molar-refractivity contribution >= 4 is 40.7 Å². The Kier molecular flexibility index (Phi) is 10.1. The fourth-order valence-corrected chi connectivity index (χ4v) is 10.4. The van der Waals surface area contributed by atoms with E-state index in [2.05, 4.69) is 27.9 Å². The van der Waals surface area contributed by atoms with Crippen LogP contribution in [0, 0.1) is 32.7 Å². The molecule has 5 saturated carbocycles. The number of carbonyl (C=O) groups is 3. The van der Waals surface area contributed by atoms with Gasteiger partial charge in [0.05, 0.1) is 23.3 Å². The Morgan fingerprint density at radius 2 is 1.78 bits per heavy atom. The molecule has 0 radical (unpaired) electrons. The van der Waals surface area contributed by atoms with Crippen molar-refractivity contribution in [2.75, 3.05) is 26.8 Å². The molecule has 4 bridgehead atoms. The van der Waals surface area contributed by atoms with Gasteiger partial charge in [-0.15, -0.1) is 0 Å². The smallest absolute Gasteiger partial charge is 0.247 e. The number of ether oxygens (including phenoxy) is 2. The van der Waals surface area contributed by atoms with E-state index in [0.717, 1.165) is 69.0 Å². The molecule has 7 rings (SSSR count). The number of nitrogens with one attached hydrogen (secondary N) is 1. The molecule has 3 atom stereocenters. The first-order chi connectivity index (χ1) is 21.7. The van der Waals surface area contributed by atoms with Gasteiger partial charge in [-0.05, 0) is 121 Å². The zero-order chi connectivity index (χ0) is 31.7. The molecule has 0 aromatic heterocycles. The first-order valence-electron chi connectivity index (χ1n) is 16.8. The molecule has 246 valence electrons. The van der Waals surface area contributed by atoms with Crippen LogP contribution in [0.5, 0.6) is 11.5 Å². The number of amides is 2. The van der Waals surface area contributed by atoms with Crippen molar-refractivity contribution in [2.24, 2.45) is 29.1 Å². The second-order valence-corrected chi connectivity index (χ2v) is 15.6. The Morgan fingerprint density at radius 3 is 2.38 bits per heavy atom. The normalized spacial score (nSPS) is 32.2. The number of aldehydes is 1. The Balaban J connectivity index is 1.34. The molecule has 3 N–H and O–H groups in total. The average molecular weight is 735 g/mol. The molecule has 0 aliphatic heterocycles. The lowest BCUT2D eigenvalue weighted by atomic mass is 9.49. The second-order valence-electron chi connectivity index (χ2n) is 14.5. The van der Waals surface area contributed by atoms with Crippen molar-refractivity contribution in [3.05, 3.63) is 32.9 Å². The van der Waals surface area contributed by atoms with E-state index in [-0.39, 0.29) is 36.8 Å². The van der Waals surface area contributed by atoms with Gasteiger partial charge in [0.2, 0.25) is 11.8 Å². The lowest BCUT2D eigenvalue weighted by Crippen LogP contribution is -2.59. The number of benzene rings is 1. The van der Waals surface area contributed by atoms with E-state index < -0.39 is 18.2 Å². The fourth-order valence-electron chi connectivity index (χ4n) is 9.65. The minimum absolute atomic E-state index is 0.0554. The standard InChI is InChI=1S/C35H47IN2O7/c1-44-30-12-25(19-40)11-27(36)33(30)45-29-15-26(34(43)37-6-7-39)14-28(32(29)42)38(31(41)13-21-4-2-3-5-21)20-35-16-22-8-23(17-35)10-24(9-22)18-35/h11-12,15,19,21-24,28-29,32,39,42H,2-10,13-14,16-18,20H2,1H3,(H,37,43). The van der Waals surface area contributed by atoms with E-state index in [1.165, 1.54) is 26.4 Å². The van der Waals surface area contributed by atoms with Crippen LogP contribution >= 0.6 is 22.6 Å². The van der Waals surface area contributed by atoms with Gasteiger partial charge < -0.3 is 29.9 Å². The Hall–Kier alpha value is -2.18. The fraction of sp³-hybridized carbons (Fsp3) is 0.686. The van der Waals surface area contributed by atoms with Crippen molar-refractivity contribution in [1.82, 2.24) is 10.2 Å². The molecule has 6 aliphatic carbocycles. The molecule has 0 spiro atoms. The van der Waals surface area contributed by atoms with Gasteiger partial charge in [0.15, 0.2) is 11.5 Å². The highest BCUT2D eigenvalue weighted by Crippen LogP contribution is 2.60. The SMILES string of the molecule is COc1cc(C=O)cc(I)c1OC1C=C(C(=O)NCCO)CC(N(CC23CC4CC(CC(C4)C2)C3)C(=O)CC2CCCC2)C1O. The number of aliphatic hydroxyl groups is 2. The van der Waals surface area contributed by atoms with Crippen molar-refractivity contribution < 1.29 is 34.1 Å². The molecular weight excluding hydrogens is 687 g/mol. The summed E-state index contributed by atoms with van der Waals surface area (Å²) in [6, 6.07) is 2.62. The lowest BCUT2D eigenvalue weighted by Gasteiger charge is -2.58. The number of methoxy groups -OCH3 is 1. The highest BCUT2D eigenvalue weighted by Gasteiger charge is 2.53. The van der Waals surface area contributed by atoms with Gasteiger partial charge in [-0.1, -0.05) is 12.8 Å². The average Bonchev–Trinajstić information content (AvgIpc) is 3.52. The van der Waals surface area contributed by atoms with E-state index in [1.807, 2.05) is 4.90 Å². The predicted molar refractivity (Wildman–Crippen MR) is 177 cm³/mol. The molecule has 45 heavy (non-hydrogen) atoms. The number of hydrogen-bond donors (Lipinski definition) is 3. The maximum atomic E-state index is 14.4. The Bertz CT molecular complexity index is 1270. The largest absolute Gasteiger partial charge is 0.493 e. The molecule has 10 heteroatoms. The van der Waals surface area contributed by atoms with Crippen LogP contribution in [0.3, 0.4) is 0 Å². The first-order valence-corrected chi connectivity index (χ1v) is 17.9. The van der Waals surface area contributed by atoms with E-state index >= 15 is 0 Å². The topological polar surface area (TPSA) is 125 Å². The van der Waals surface area contributed by atoms with Crippen LogP contribution in [-0.2, 0) is 9.59 Å². The van der Waals surface area contributed by atoms with Gasteiger partial charge in [0.25, 0.3) is 0 Å². The van der Waals surface area contributed by atoms with Crippen molar-refractivity contribution in [3.8, 4) is 11.5 Å².